The number of ketones is 2. The monoisotopic (exact) mass is 194 g/mol. The van der Waals surface area contributed by atoms with Crippen LogP contribution in [0.25, 0.3) is 0 Å². The van der Waals surface area contributed by atoms with E-state index in [2.05, 4.69) is 6.92 Å². The van der Waals surface area contributed by atoms with Gasteiger partial charge in [0.05, 0.1) is 0 Å². The molecule has 0 amide bonds. The van der Waals surface area contributed by atoms with Crippen molar-refractivity contribution in [3.63, 3.8) is 0 Å². The highest BCUT2D eigenvalue weighted by Crippen LogP contribution is 2.48. The highest BCUT2D eigenvalue weighted by Gasteiger charge is 2.47. The first-order chi connectivity index (χ1) is 6.53. The number of carbonyl (C=O) groups is 2. The molecule has 0 aliphatic heterocycles. The summed E-state index contributed by atoms with van der Waals surface area (Å²) in [6.45, 7) is 4.19. The van der Waals surface area contributed by atoms with Crippen LogP contribution in [0.4, 0.5) is 0 Å². The second kappa shape index (κ2) is 3.18. The summed E-state index contributed by atoms with van der Waals surface area (Å²) in [6.07, 6.45) is 4.27. The molecule has 2 aliphatic rings. The largest absolute Gasteiger partial charge is 0.300 e. The molecule has 0 aromatic rings. The van der Waals surface area contributed by atoms with Crippen LogP contribution in [0.5, 0.6) is 0 Å². The van der Waals surface area contributed by atoms with Gasteiger partial charge >= 0.3 is 0 Å². The Morgan fingerprint density at radius 3 is 2.71 bits per heavy atom. The van der Waals surface area contributed by atoms with Crippen LogP contribution < -0.4 is 0 Å². The minimum Gasteiger partial charge on any atom is -0.300 e. The van der Waals surface area contributed by atoms with Gasteiger partial charge in [0.1, 0.15) is 11.6 Å². The van der Waals surface area contributed by atoms with E-state index in [1.807, 2.05) is 6.92 Å². The first-order valence-electron chi connectivity index (χ1n) is 5.58. The molecule has 3 unspecified atom stereocenters. The van der Waals surface area contributed by atoms with E-state index in [4.69, 9.17) is 0 Å². The zero-order valence-corrected chi connectivity index (χ0v) is 9.01. The smallest absolute Gasteiger partial charge is 0.139 e. The number of carbonyl (C=O) groups excluding carboxylic acids is 2. The van der Waals surface area contributed by atoms with Gasteiger partial charge in [0.2, 0.25) is 0 Å². The molecule has 3 atom stereocenters. The fraction of sp³-hybridized carbons (Fsp3) is 0.833. The summed E-state index contributed by atoms with van der Waals surface area (Å²) in [5.74, 6) is 0.841. The summed E-state index contributed by atoms with van der Waals surface area (Å²) in [6, 6.07) is 0. The molecular weight excluding hydrogens is 176 g/mol. The van der Waals surface area contributed by atoms with E-state index in [1.54, 1.807) is 0 Å². The third kappa shape index (κ3) is 1.41. The van der Waals surface area contributed by atoms with Crippen molar-refractivity contribution in [1.29, 1.82) is 0 Å². The lowest BCUT2D eigenvalue weighted by molar-refractivity contribution is -0.143. The number of fused-ring (bicyclic) bond motifs is 1. The second-order valence-electron chi connectivity index (χ2n) is 5.29. The molecule has 2 rings (SSSR count). The Kier molecular flexibility index (Phi) is 2.24. The number of Topliss-reactive ketones (excluding diaryl/α,β-unsaturated/α-hetero) is 2. The molecule has 0 radical (unpaired) electrons. The van der Waals surface area contributed by atoms with Crippen molar-refractivity contribution in [2.75, 3.05) is 0 Å². The normalized spacial score (nSPS) is 43.6. The van der Waals surface area contributed by atoms with Crippen molar-refractivity contribution in [3.8, 4) is 0 Å². The lowest BCUT2D eigenvalue weighted by Gasteiger charge is -2.45. The van der Waals surface area contributed by atoms with Gasteiger partial charge in [-0.3, -0.25) is 9.59 Å². The van der Waals surface area contributed by atoms with E-state index >= 15 is 0 Å². The third-order valence-electron chi connectivity index (χ3n) is 4.23. The quantitative estimate of drug-likeness (QED) is 0.593. The molecule has 2 aliphatic carbocycles. The fourth-order valence-electron chi connectivity index (χ4n) is 2.95. The summed E-state index contributed by atoms with van der Waals surface area (Å²) in [5, 5.41) is 0. The minimum atomic E-state index is 0.0347. The van der Waals surface area contributed by atoms with Gasteiger partial charge in [0.15, 0.2) is 0 Å². The zero-order valence-electron chi connectivity index (χ0n) is 9.01. The molecule has 0 aromatic carbocycles. The molecule has 0 spiro atoms. The van der Waals surface area contributed by atoms with Gasteiger partial charge in [-0.05, 0) is 24.7 Å². The van der Waals surface area contributed by atoms with E-state index in [-0.39, 0.29) is 23.0 Å². The molecule has 0 aromatic heterocycles. The number of rotatable bonds is 0. The predicted molar refractivity (Wildman–Crippen MR) is 53.9 cm³/mol. The van der Waals surface area contributed by atoms with Crippen molar-refractivity contribution in [2.24, 2.45) is 17.3 Å². The van der Waals surface area contributed by atoms with Crippen molar-refractivity contribution in [3.05, 3.63) is 0 Å². The van der Waals surface area contributed by atoms with Gasteiger partial charge in [-0.2, -0.15) is 0 Å². The van der Waals surface area contributed by atoms with Gasteiger partial charge < -0.3 is 0 Å². The molecule has 14 heavy (non-hydrogen) atoms. The van der Waals surface area contributed by atoms with Crippen LogP contribution in [0.2, 0.25) is 0 Å². The molecule has 0 N–H and O–H groups in total. The van der Waals surface area contributed by atoms with Crippen LogP contribution in [0, 0.1) is 17.3 Å². The average Bonchev–Trinajstić information content (AvgIpc) is 2.16. The molecule has 2 fully saturated rings. The van der Waals surface area contributed by atoms with E-state index < -0.39 is 0 Å². The summed E-state index contributed by atoms with van der Waals surface area (Å²) in [7, 11) is 0. The van der Waals surface area contributed by atoms with Crippen LogP contribution in [0.1, 0.15) is 46.0 Å². The first-order valence-corrected chi connectivity index (χ1v) is 5.58. The van der Waals surface area contributed by atoms with Gasteiger partial charge in [0, 0.05) is 24.7 Å². The Balaban J connectivity index is 2.24. The Morgan fingerprint density at radius 1 is 1.29 bits per heavy atom. The molecule has 2 nitrogen and oxygen atoms in total. The Hall–Kier alpha value is -0.660. The highest BCUT2D eigenvalue weighted by molar-refractivity contribution is 5.91. The van der Waals surface area contributed by atoms with Crippen molar-refractivity contribution >= 4 is 11.6 Å². The first kappa shape index (κ1) is 9.88. The molecule has 2 saturated carbocycles. The molecule has 78 valence electrons. The summed E-state index contributed by atoms with van der Waals surface area (Å²) >= 11 is 0. The van der Waals surface area contributed by atoms with Crippen LogP contribution >= 0.6 is 0 Å². The fourth-order valence-corrected chi connectivity index (χ4v) is 2.95. The van der Waals surface area contributed by atoms with E-state index in [0.717, 1.165) is 19.3 Å². The maximum absolute atomic E-state index is 12.0. The maximum atomic E-state index is 12.0. The van der Waals surface area contributed by atoms with Crippen LogP contribution in [-0.4, -0.2) is 11.6 Å². The molecular formula is C12H18O2. The summed E-state index contributed by atoms with van der Waals surface area (Å²) < 4.78 is 0. The molecule has 0 bridgehead atoms. The number of hydrogen-bond donors (Lipinski definition) is 0. The minimum absolute atomic E-state index is 0.0347. The molecule has 2 heteroatoms. The maximum Gasteiger partial charge on any atom is 0.139 e. The second-order valence-corrected chi connectivity index (χ2v) is 5.29. The lowest BCUT2D eigenvalue weighted by atomic mass is 9.58. The van der Waals surface area contributed by atoms with Gasteiger partial charge in [-0.25, -0.2) is 0 Å². The summed E-state index contributed by atoms with van der Waals surface area (Å²) in [4.78, 5) is 23.3. The Morgan fingerprint density at radius 2 is 2.00 bits per heavy atom. The summed E-state index contributed by atoms with van der Waals surface area (Å²) in [5.41, 5.74) is 0.136. The van der Waals surface area contributed by atoms with Gasteiger partial charge in [0.25, 0.3) is 0 Å². The van der Waals surface area contributed by atoms with Crippen molar-refractivity contribution in [1.82, 2.24) is 0 Å². The Labute approximate surface area is 85.1 Å². The highest BCUT2D eigenvalue weighted by atomic mass is 16.1. The van der Waals surface area contributed by atoms with Gasteiger partial charge in [-0.1, -0.05) is 13.8 Å². The van der Waals surface area contributed by atoms with Crippen molar-refractivity contribution < 1.29 is 9.59 Å². The topological polar surface area (TPSA) is 34.1 Å². The van der Waals surface area contributed by atoms with E-state index in [0.29, 0.717) is 18.6 Å². The van der Waals surface area contributed by atoms with Crippen molar-refractivity contribution in [2.45, 2.75) is 46.0 Å². The van der Waals surface area contributed by atoms with Crippen LogP contribution in [0.15, 0.2) is 0 Å². The van der Waals surface area contributed by atoms with Gasteiger partial charge in [-0.15, -0.1) is 0 Å². The Bertz CT molecular complexity index is 282. The SMILES string of the molecule is CC1CCC2(C)CCC(=O)CC2C1=O. The lowest BCUT2D eigenvalue weighted by Crippen LogP contribution is -2.45. The predicted octanol–water partition coefficient (Wildman–Crippen LogP) is 2.36. The molecule has 0 heterocycles. The van der Waals surface area contributed by atoms with Crippen LogP contribution in [-0.2, 0) is 9.59 Å². The van der Waals surface area contributed by atoms with E-state index in [1.165, 1.54) is 0 Å². The van der Waals surface area contributed by atoms with Crippen LogP contribution in [0.3, 0.4) is 0 Å². The standard InChI is InChI=1S/C12H18O2/c1-8-3-5-12(2)6-4-9(13)7-10(12)11(8)14/h8,10H,3-7H2,1-2H3. The van der Waals surface area contributed by atoms with E-state index in [9.17, 15) is 9.59 Å². The molecule has 0 saturated heterocycles. The number of hydrogen-bond acceptors (Lipinski definition) is 2. The zero-order chi connectivity index (χ0) is 10.3. The third-order valence-corrected chi connectivity index (χ3v) is 4.23. The average molecular weight is 194 g/mol.